The van der Waals surface area contributed by atoms with Crippen LogP contribution in [0.4, 0.5) is 0 Å². The lowest BCUT2D eigenvalue weighted by molar-refractivity contribution is -0.0198. The summed E-state index contributed by atoms with van der Waals surface area (Å²) >= 11 is 2.24. The molecule has 1 saturated heterocycles. The van der Waals surface area contributed by atoms with Crippen LogP contribution in [0.5, 0.6) is 0 Å². The lowest BCUT2D eigenvalue weighted by atomic mass is 10.2. The second-order valence-corrected chi connectivity index (χ2v) is 9.04. The van der Waals surface area contributed by atoms with E-state index in [1.165, 1.54) is 0 Å². The minimum absolute atomic E-state index is 0.0377. The largest absolute Gasteiger partial charge is 0.378 e. The van der Waals surface area contributed by atoms with Crippen molar-refractivity contribution in [2.45, 2.75) is 37.4 Å². The Morgan fingerprint density at radius 3 is 1.80 bits per heavy atom. The zero-order chi connectivity index (χ0) is 18.5. The highest BCUT2D eigenvalue weighted by molar-refractivity contribution is 14.1. The van der Waals surface area contributed by atoms with Gasteiger partial charge in [-0.2, -0.15) is 0 Å². The summed E-state index contributed by atoms with van der Waals surface area (Å²) in [5.41, 5.74) is -0.0377. The maximum atomic E-state index is 5.80. The fraction of sp³-hybridized carbons (Fsp3) is 1.00. The second-order valence-electron chi connectivity index (χ2n) is 7.28. The Bertz CT molecular complexity index is 319. The SMILES string of the molecule is C[C@H](I)OCCOCCOCCN1CCN(CCOC(C)(C)C)CC1. The average Bonchev–Trinajstić information content (AvgIpc) is 2.53. The molecule has 1 aliphatic rings. The summed E-state index contributed by atoms with van der Waals surface area (Å²) in [4.78, 5) is 4.95. The van der Waals surface area contributed by atoms with Gasteiger partial charge >= 0.3 is 0 Å². The fourth-order valence-electron chi connectivity index (χ4n) is 2.50. The van der Waals surface area contributed by atoms with Crippen LogP contribution < -0.4 is 0 Å². The van der Waals surface area contributed by atoms with Crippen LogP contribution in [0.1, 0.15) is 27.7 Å². The van der Waals surface area contributed by atoms with Crippen molar-refractivity contribution >= 4 is 22.6 Å². The van der Waals surface area contributed by atoms with Gasteiger partial charge in [-0.1, -0.05) is 22.6 Å². The van der Waals surface area contributed by atoms with Crippen molar-refractivity contribution in [2.24, 2.45) is 0 Å². The average molecular weight is 472 g/mol. The van der Waals surface area contributed by atoms with E-state index in [2.05, 4.69) is 53.2 Å². The van der Waals surface area contributed by atoms with Crippen LogP contribution in [-0.2, 0) is 18.9 Å². The molecule has 0 unspecified atom stereocenters. The summed E-state index contributed by atoms with van der Waals surface area (Å²) in [5, 5.41) is 0. The summed E-state index contributed by atoms with van der Waals surface area (Å²) in [6.45, 7) is 19.0. The van der Waals surface area contributed by atoms with Gasteiger partial charge in [0.15, 0.2) is 0 Å². The minimum Gasteiger partial charge on any atom is -0.378 e. The number of piperazine rings is 1. The van der Waals surface area contributed by atoms with Crippen LogP contribution in [-0.4, -0.2) is 98.4 Å². The molecule has 0 bridgehead atoms. The first-order valence-corrected chi connectivity index (χ1v) is 10.6. The van der Waals surface area contributed by atoms with Crippen molar-refractivity contribution < 1.29 is 18.9 Å². The summed E-state index contributed by atoms with van der Waals surface area (Å²) < 4.78 is 22.6. The molecule has 1 atom stereocenters. The molecule has 0 amide bonds. The predicted molar refractivity (Wildman–Crippen MR) is 110 cm³/mol. The molecule has 0 aromatic carbocycles. The molecule has 6 nitrogen and oxygen atoms in total. The molecule has 1 fully saturated rings. The van der Waals surface area contributed by atoms with Crippen LogP contribution in [0.3, 0.4) is 0 Å². The third-order valence-electron chi connectivity index (χ3n) is 3.91. The third kappa shape index (κ3) is 14.2. The Kier molecular flexibility index (Phi) is 12.8. The monoisotopic (exact) mass is 472 g/mol. The summed E-state index contributed by atoms with van der Waals surface area (Å²) in [7, 11) is 0. The topological polar surface area (TPSA) is 43.4 Å². The molecular formula is C18H37IN2O4. The van der Waals surface area contributed by atoms with Crippen molar-refractivity contribution in [3.05, 3.63) is 0 Å². The van der Waals surface area contributed by atoms with Gasteiger partial charge in [0, 0.05) is 39.3 Å². The number of hydrogen-bond donors (Lipinski definition) is 0. The maximum absolute atomic E-state index is 5.80. The first kappa shape index (κ1) is 23.5. The number of nitrogens with zero attached hydrogens (tertiary/aromatic N) is 2. The Labute approximate surface area is 167 Å². The Morgan fingerprint density at radius 1 is 0.800 bits per heavy atom. The van der Waals surface area contributed by atoms with E-state index < -0.39 is 0 Å². The normalized spacial score (nSPS) is 18.6. The predicted octanol–water partition coefficient (Wildman–Crippen LogP) is 2.25. The van der Waals surface area contributed by atoms with Crippen molar-refractivity contribution in [3.63, 3.8) is 0 Å². The van der Waals surface area contributed by atoms with Crippen molar-refractivity contribution in [2.75, 3.05) is 78.9 Å². The van der Waals surface area contributed by atoms with E-state index in [0.29, 0.717) is 26.4 Å². The smallest absolute Gasteiger partial charge is 0.106 e. The zero-order valence-corrected chi connectivity index (χ0v) is 18.6. The molecule has 0 N–H and O–H groups in total. The molecule has 1 rings (SSSR count). The molecule has 0 aliphatic carbocycles. The Morgan fingerprint density at radius 2 is 1.28 bits per heavy atom. The van der Waals surface area contributed by atoms with Gasteiger partial charge in [-0.05, 0) is 27.7 Å². The molecule has 0 spiro atoms. The number of ether oxygens (including phenoxy) is 4. The molecule has 0 aromatic heterocycles. The van der Waals surface area contributed by atoms with Gasteiger partial charge in [-0.15, -0.1) is 0 Å². The van der Waals surface area contributed by atoms with Gasteiger partial charge in [0.25, 0.3) is 0 Å². The van der Waals surface area contributed by atoms with Gasteiger partial charge in [0.1, 0.15) is 4.11 Å². The quantitative estimate of drug-likeness (QED) is 0.233. The molecule has 25 heavy (non-hydrogen) atoms. The lowest BCUT2D eigenvalue weighted by Gasteiger charge is -2.35. The van der Waals surface area contributed by atoms with Gasteiger partial charge < -0.3 is 18.9 Å². The van der Waals surface area contributed by atoms with Crippen LogP contribution in [0.2, 0.25) is 0 Å². The van der Waals surface area contributed by atoms with Gasteiger partial charge in [0.2, 0.25) is 0 Å². The summed E-state index contributed by atoms with van der Waals surface area (Å²) in [5.74, 6) is 0. The fourth-order valence-corrected chi connectivity index (χ4v) is 2.76. The van der Waals surface area contributed by atoms with E-state index in [1.807, 2.05) is 6.92 Å². The number of rotatable bonds is 13. The second kappa shape index (κ2) is 13.6. The summed E-state index contributed by atoms with van der Waals surface area (Å²) in [6, 6.07) is 0. The standard InChI is InChI=1S/C18H37IN2O4/c1-17(19)24-16-15-23-14-13-22-11-9-20-5-7-21(8-6-20)10-12-25-18(2,3)4/h17H,5-16H2,1-4H3/t17-/m1/s1. The first-order valence-electron chi connectivity index (χ1n) is 9.36. The van der Waals surface area contributed by atoms with Gasteiger partial charge in [-0.3, -0.25) is 9.80 Å². The molecule has 1 heterocycles. The van der Waals surface area contributed by atoms with E-state index >= 15 is 0 Å². The number of halogens is 1. The highest BCUT2D eigenvalue weighted by Gasteiger charge is 2.17. The van der Waals surface area contributed by atoms with Crippen molar-refractivity contribution in [1.29, 1.82) is 0 Å². The van der Waals surface area contributed by atoms with Crippen molar-refractivity contribution in [1.82, 2.24) is 9.80 Å². The molecule has 0 saturated carbocycles. The van der Waals surface area contributed by atoms with E-state index in [0.717, 1.165) is 52.5 Å². The first-order chi connectivity index (χ1) is 11.9. The van der Waals surface area contributed by atoms with E-state index in [-0.39, 0.29) is 9.71 Å². The highest BCUT2D eigenvalue weighted by atomic mass is 127. The molecule has 150 valence electrons. The summed E-state index contributed by atoms with van der Waals surface area (Å²) in [6.07, 6.45) is 0. The third-order valence-corrected chi connectivity index (χ3v) is 4.27. The van der Waals surface area contributed by atoms with Crippen LogP contribution in [0, 0.1) is 0 Å². The molecule has 1 aliphatic heterocycles. The number of hydrogen-bond acceptors (Lipinski definition) is 6. The van der Waals surface area contributed by atoms with E-state index in [4.69, 9.17) is 18.9 Å². The van der Waals surface area contributed by atoms with Gasteiger partial charge in [-0.25, -0.2) is 0 Å². The van der Waals surface area contributed by atoms with Crippen LogP contribution >= 0.6 is 22.6 Å². The number of alkyl halides is 1. The Hall–Kier alpha value is 0.490. The highest BCUT2D eigenvalue weighted by Crippen LogP contribution is 2.07. The molecular weight excluding hydrogens is 435 g/mol. The molecule has 0 aromatic rings. The lowest BCUT2D eigenvalue weighted by Crippen LogP contribution is -2.48. The van der Waals surface area contributed by atoms with Crippen molar-refractivity contribution in [3.8, 4) is 0 Å². The minimum atomic E-state index is -0.0377. The Balaban J connectivity index is 1.89. The van der Waals surface area contributed by atoms with Crippen LogP contribution in [0.25, 0.3) is 0 Å². The maximum Gasteiger partial charge on any atom is 0.106 e. The zero-order valence-electron chi connectivity index (χ0n) is 16.5. The van der Waals surface area contributed by atoms with Crippen LogP contribution in [0.15, 0.2) is 0 Å². The molecule has 0 radical (unpaired) electrons. The van der Waals surface area contributed by atoms with E-state index in [1.54, 1.807) is 0 Å². The van der Waals surface area contributed by atoms with Gasteiger partial charge in [0.05, 0.1) is 45.2 Å². The molecule has 7 heteroatoms. The van der Waals surface area contributed by atoms with E-state index in [9.17, 15) is 0 Å².